The van der Waals surface area contributed by atoms with Gasteiger partial charge in [0.1, 0.15) is 30.6 Å². The molecule has 1 saturated carbocycles. The van der Waals surface area contributed by atoms with Gasteiger partial charge in [0.2, 0.25) is 11.7 Å². The zero-order valence-corrected chi connectivity index (χ0v) is 44.2. The lowest BCUT2D eigenvalue weighted by atomic mass is 9.81. The van der Waals surface area contributed by atoms with Crippen LogP contribution in [-0.2, 0) is 56.8 Å². The molecule has 1 aliphatic carbocycles. The largest absolute Gasteiger partial charge is 0.456 e. The van der Waals surface area contributed by atoms with E-state index < -0.39 is 92.0 Å². The molecule has 382 valence electrons. The van der Waals surface area contributed by atoms with Crippen molar-refractivity contribution >= 4 is 37.7 Å². The van der Waals surface area contributed by atoms with Crippen LogP contribution in [0.25, 0.3) is 0 Å². The van der Waals surface area contributed by atoms with E-state index in [-0.39, 0.29) is 67.3 Å². The van der Waals surface area contributed by atoms with Gasteiger partial charge >= 0.3 is 5.97 Å². The minimum Gasteiger partial charge on any atom is -0.456 e. The van der Waals surface area contributed by atoms with E-state index in [4.69, 9.17) is 38.6 Å². The highest BCUT2D eigenvalue weighted by molar-refractivity contribution is 6.74. The first-order valence-corrected chi connectivity index (χ1v) is 27.7. The molecule has 15 nitrogen and oxygen atoms in total. The average Bonchev–Trinajstić information content (AvgIpc) is 3.27. The van der Waals surface area contributed by atoms with Crippen LogP contribution in [0.5, 0.6) is 0 Å². The summed E-state index contributed by atoms with van der Waals surface area (Å²) in [6.45, 7) is 22.3. The second-order valence-corrected chi connectivity index (χ2v) is 26.5. The lowest BCUT2D eigenvalue weighted by Gasteiger charge is -2.47. The summed E-state index contributed by atoms with van der Waals surface area (Å²) >= 11 is 0. The van der Waals surface area contributed by atoms with Gasteiger partial charge < -0.3 is 48.6 Å². The Kier molecular flexibility index (Phi) is 20.6. The zero-order valence-electron chi connectivity index (χ0n) is 43.2. The van der Waals surface area contributed by atoms with Crippen LogP contribution in [0.3, 0.4) is 0 Å². The Labute approximate surface area is 402 Å². The molecule has 3 fully saturated rings. The van der Waals surface area contributed by atoms with Gasteiger partial charge in [-0.1, -0.05) is 66.2 Å². The molecule has 3 heterocycles. The lowest BCUT2D eigenvalue weighted by molar-refractivity contribution is -0.302. The predicted molar refractivity (Wildman–Crippen MR) is 257 cm³/mol. The summed E-state index contributed by atoms with van der Waals surface area (Å²) in [6, 6.07) is -1.13. The number of fused-ring (bicyclic) bond motifs is 3. The number of amides is 2. The van der Waals surface area contributed by atoms with Gasteiger partial charge in [0.25, 0.3) is 11.7 Å². The number of cyclic esters (lactones) is 1. The number of primary amides is 1. The van der Waals surface area contributed by atoms with Crippen molar-refractivity contribution in [3.63, 3.8) is 0 Å². The molecule has 14 unspecified atom stereocenters. The van der Waals surface area contributed by atoms with Gasteiger partial charge in [-0.15, -0.1) is 0 Å². The Morgan fingerprint density at radius 3 is 2.16 bits per heavy atom. The van der Waals surface area contributed by atoms with Crippen molar-refractivity contribution in [3.05, 3.63) is 23.3 Å². The molecule has 0 aromatic carbocycles. The number of Topliss-reactive ketones (excluding diaryl/α,β-unsaturated/α-hetero) is 2. The van der Waals surface area contributed by atoms with Crippen LogP contribution >= 0.6 is 0 Å². The normalized spacial score (nSPS) is 36.4. The number of allylic oxidation sites excluding steroid dienone is 3. The minimum absolute atomic E-state index is 0.0152. The minimum atomic E-state index is -2.55. The number of ketones is 2. The quantitative estimate of drug-likeness (QED) is 0.0929. The van der Waals surface area contributed by atoms with E-state index in [0.717, 1.165) is 11.1 Å². The summed E-state index contributed by atoms with van der Waals surface area (Å²) in [4.78, 5) is 71.4. The molecule has 0 spiro atoms. The van der Waals surface area contributed by atoms with Crippen molar-refractivity contribution in [1.29, 1.82) is 0 Å². The number of piperidine rings is 1. The summed E-state index contributed by atoms with van der Waals surface area (Å²) in [5.41, 5.74) is 7.17. The number of aliphatic hydroxyl groups is 1. The third kappa shape index (κ3) is 14.2. The molecular formula is C51H86N2O13Si. The van der Waals surface area contributed by atoms with Crippen LogP contribution in [0, 0.1) is 29.6 Å². The fourth-order valence-corrected chi connectivity index (χ4v) is 11.9. The van der Waals surface area contributed by atoms with Gasteiger partial charge in [-0.05, 0) is 114 Å². The number of carbonyl (C=O) groups excluding carboxylic acids is 5. The Hall–Kier alpha value is -2.83. The van der Waals surface area contributed by atoms with Crippen molar-refractivity contribution in [2.45, 2.75) is 206 Å². The number of methoxy groups -OCH3 is 3. The Morgan fingerprint density at radius 1 is 0.925 bits per heavy atom. The van der Waals surface area contributed by atoms with Crippen molar-refractivity contribution in [3.8, 4) is 0 Å². The van der Waals surface area contributed by atoms with Crippen LogP contribution in [0.2, 0.25) is 18.1 Å². The maximum Gasteiger partial charge on any atom is 0.329 e. The van der Waals surface area contributed by atoms with Gasteiger partial charge in [-0.25, -0.2) is 4.79 Å². The first kappa shape index (κ1) is 56.8. The molecule has 14 atom stereocenters. The van der Waals surface area contributed by atoms with Gasteiger partial charge in [0, 0.05) is 52.0 Å². The topological polar surface area (TPSA) is 199 Å². The average molecular weight is 963 g/mol. The second-order valence-electron chi connectivity index (χ2n) is 21.8. The van der Waals surface area contributed by atoms with Crippen LogP contribution < -0.4 is 5.73 Å². The first-order valence-electron chi connectivity index (χ1n) is 24.8. The van der Waals surface area contributed by atoms with Gasteiger partial charge in [0.05, 0.1) is 30.5 Å². The van der Waals surface area contributed by atoms with Gasteiger partial charge in [0.15, 0.2) is 8.32 Å². The summed E-state index contributed by atoms with van der Waals surface area (Å²) < 4.78 is 43.7. The standard InChI is InChI=1S/C51H86N2O13Si/c1-15-36-23-30(2)22-31(3)24-42(61-11)46-43(62-12)26-33(5)51(59,65-46)47(56)48(57)53-21-17-16-18-37(53)49(58)64-45(34(6)40(28-38(36)54)66-67(13,14)50(7,8)9)32(4)25-35-19-20-39(41(27-35)60-10)63-29-44(52)55/h23,25,31,33-37,39-43,45-46,59H,15-22,24,26-29H2,1-14H3,(H2,52,55). The third-order valence-corrected chi connectivity index (χ3v) is 20.0. The summed E-state index contributed by atoms with van der Waals surface area (Å²) in [5, 5.41) is 12.0. The zero-order chi connectivity index (χ0) is 50.2. The highest BCUT2D eigenvalue weighted by atomic mass is 28.4. The summed E-state index contributed by atoms with van der Waals surface area (Å²) in [5.74, 6) is -7.63. The molecule has 3 aliphatic heterocycles. The molecule has 2 saturated heterocycles. The number of esters is 1. The molecule has 67 heavy (non-hydrogen) atoms. The molecule has 2 amide bonds. The molecule has 2 bridgehead atoms. The number of ether oxygens (including phenoxy) is 6. The van der Waals surface area contributed by atoms with E-state index in [9.17, 15) is 29.1 Å². The van der Waals surface area contributed by atoms with E-state index in [1.165, 1.54) is 4.90 Å². The number of carbonyl (C=O) groups is 5. The summed E-state index contributed by atoms with van der Waals surface area (Å²) in [7, 11) is 2.15. The van der Waals surface area contributed by atoms with Crippen molar-refractivity contribution < 1.29 is 61.9 Å². The molecule has 4 aliphatic rings. The fraction of sp³-hybridized carbons (Fsp3) is 0.824. The van der Waals surface area contributed by atoms with E-state index >= 15 is 0 Å². The van der Waals surface area contributed by atoms with Crippen molar-refractivity contribution in [2.24, 2.45) is 35.3 Å². The van der Waals surface area contributed by atoms with E-state index in [0.29, 0.717) is 51.4 Å². The molecule has 4 rings (SSSR count). The molecular weight excluding hydrogens is 877 g/mol. The molecule has 0 radical (unpaired) electrons. The van der Waals surface area contributed by atoms with Gasteiger partial charge in [-0.3, -0.25) is 19.2 Å². The molecule has 3 N–H and O–H groups in total. The van der Waals surface area contributed by atoms with Crippen LogP contribution in [0.15, 0.2) is 23.3 Å². The van der Waals surface area contributed by atoms with Crippen LogP contribution in [-0.4, -0.2) is 137 Å². The Bertz CT molecular complexity index is 1780. The monoisotopic (exact) mass is 963 g/mol. The number of hydrogen-bond acceptors (Lipinski definition) is 13. The van der Waals surface area contributed by atoms with Crippen LogP contribution in [0.4, 0.5) is 0 Å². The Morgan fingerprint density at radius 2 is 1.57 bits per heavy atom. The smallest absolute Gasteiger partial charge is 0.329 e. The number of hydrogen-bond donors (Lipinski definition) is 2. The fourth-order valence-electron chi connectivity index (χ4n) is 10.4. The number of nitrogens with two attached hydrogens (primary N) is 1. The number of rotatable bonds is 11. The van der Waals surface area contributed by atoms with E-state index in [1.54, 1.807) is 28.3 Å². The highest BCUT2D eigenvalue weighted by Gasteiger charge is 2.57. The molecule has 0 aromatic rings. The SMILES string of the molecule is CCC1C=C(C)CC(C)CC(OC)C2OC(O)(C(=O)C(=O)N3CCCCC3C(=O)OC(C(C)=CC3CCC(OCC(N)=O)C(OC)C3)C(C)C(O[Si](C)(C)C(C)(C)C)CC1=O)C(C)CC2OC. The van der Waals surface area contributed by atoms with E-state index in [1.807, 2.05) is 27.7 Å². The number of nitrogens with zero attached hydrogens (tertiary/aromatic N) is 1. The van der Waals surface area contributed by atoms with Crippen molar-refractivity contribution in [2.75, 3.05) is 34.5 Å². The predicted octanol–water partition coefficient (Wildman–Crippen LogP) is 7.01. The summed E-state index contributed by atoms with van der Waals surface area (Å²) in [6.07, 6.45) is 5.20. The molecule has 0 aromatic heterocycles. The first-order chi connectivity index (χ1) is 31.3. The highest BCUT2D eigenvalue weighted by Crippen LogP contribution is 2.42. The lowest BCUT2D eigenvalue weighted by Crippen LogP contribution is -2.64. The van der Waals surface area contributed by atoms with Crippen molar-refractivity contribution in [1.82, 2.24) is 4.90 Å². The maximum atomic E-state index is 14.9. The van der Waals surface area contributed by atoms with Gasteiger partial charge in [-0.2, -0.15) is 0 Å². The maximum absolute atomic E-state index is 14.9. The molecule has 16 heteroatoms. The Balaban J connectivity index is 1.87. The van der Waals surface area contributed by atoms with E-state index in [2.05, 4.69) is 52.9 Å². The second kappa shape index (κ2) is 24.3. The third-order valence-electron chi connectivity index (χ3n) is 15.5. The van der Waals surface area contributed by atoms with Crippen LogP contribution in [0.1, 0.15) is 133 Å².